The molecule has 0 amide bonds. The van der Waals surface area contributed by atoms with Gasteiger partial charge in [0.25, 0.3) is 0 Å². The van der Waals surface area contributed by atoms with Crippen LogP contribution in [-0.4, -0.2) is 25.6 Å². The topological polar surface area (TPSA) is 68.0 Å². The first-order valence-electron chi connectivity index (χ1n) is 13.3. The number of carbonyl (C=O) groups is 1. The molecule has 1 aliphatic carbocycles. The van der Waals surface area contributed by atoms with Gasteiger partial charge in [0.1, 0.15) is 4.88 Å². The summed E-state index contributed by atoms with van der Waals surface area (Å²) in [5.41, 5.74) is 9.61. The maximum absolute atomic E-state index is 11.9. The number of aryl methyl sites for hydroxylation is 4. The Morgan fingerprint density at radius 1 is 1.03 bits per heavy atom. The van der Waals surface area contributed by atoms with E-state index in [1.807, 2.05) is 13.0 Å². The van der Waals surface area contributed by atoms with Gasteiger partial charge >= 0.3 is 5.97 Å². The zero-order chi connectivity index (χ0) is 25.3. The molecule has 7 heteroatoms. The monoisotopic (exact) mass is 527 g/mol. The number of rotatable bonds is 3. The summed E-state index contributed by atoms with van der Waals surface area (Å²) in [6.07, 6.45) is 8.20. The Labute approximate surface area is 223 Å². The maximum atomic E-state index is 11.9. The van der Waals surface area contributed by atoms with Crippen LogP contribution in [0.25, 0.3) is 42.9 Å². The number of thiophene rings is 1. The molecule has 188 valence electrons. The summed E-state index contributed by atoms with van der Waals surface area (Å²) in [5, 5.41) is 12.1. The average molecular weight is 528 g/mol. The first-order valence-corrected chi connectivity index (χ1v) is 14.9. The van der Waals surface area contributed by atoms with E-state index in [0.29, 0.717) is 10.8 Å². The minimum absolute atomic E-state index is 0.450. The van der Waals surface area contributed by atoms with Crippen LogP contribution in [0.1, 0.15) is 75.9 Å². The minimum Gasteiger partial charge on any atom is -0.477 e. The summed E-state index contributed by atoms with van der Waals surface area (Å²) in [6, 6.07) is 10.8. The number of pyridine rings is 1. The van der Waals surface area contributed by atoms with E-state index in [0.717, 1.165) is 51.7 Å². The summed E-state index contributed by atoms with van der Waals surface area (Å²) in [5.74, 6) is -0.328. The Balaban J connectivity index is 1.45. The van der Waals surface area contributed by atoms with Gasteiger partial charge in [-0.05, 0) is 74.8 Å². The van der Waals surface area contributed by atoms with E-state index in [9.17, 15) is 9.90 Å². The molecule has 0 spiro atoms. The molecular weight excluding hydrogens is 498 g/mol. The smallest absolute Gasteiger partial charge is 0.345 e. The predicted octanol–water partition coefficient (Wildman–Crippen LogP) is 8.35. The van der Waals surface area contributed by atoms with Crippen LogP contribution in [0.2, 0.25) is 0 Å². The van der Waals surface area contributed by atoms with Crippen molar-refractivity contribution in [1.29, 1.82) is 0 Å². The van der Waals surface area contributed by atoms with Crippen molar-refractivity contribution in [3.63, 3.8) is 0 Å². The molecule has 5 heterocycles. The second kappa shape index (κ2) is 8.77. The Kier molecular flexibility index (Phi) is 5.48. The van der Waals surface area contributed by atoms with Crippen molar-refractivity contribution in [3.05, 3.63) is 57.0 Å². The van der Waals surface area contributed by atoms with Crippen LogP contribution in [0.4, 0.5) is 0 Å². The fourth-order valence-corrected chi connectivity index (χ4v) is 8.63. The van der Waals surface area contributed by atoms with Gasteiger partial charge in [-0.3, -0.25) is 0 Å². The maximum Gasteiger partial charge on any atom is 0.345 e. The largest absolute Gasteiger partial charge is 0.477 e. The van der Waals surface area contributed by atoms with Gasteiger partial charge in [-0.15, -0.1) is 22.7 Å². The molecule has 2 aliphatic rings. The molecule has 0 unspecified atom stereocenters. The molecule has 5 nitrogen and oxygen atoms in total. The third-order valence-corrected chi connectivity index (χ3v) is 10.4. The second-order valence-corrected chi connectivity index (χ2v) is 12.7. The summed E-state index contributed by atoms with van der Waals surface area (Å²) in [6.45, 7) is 5.02. The molecule has 0 saturated heterocycles. The van der Waals surface area contributed by atoms with Crippen LogP contribution < -0.4 is 0 Å². The van der Waals surface area contributed by atoms with Crippen LogP contribution in [0, 0.1) is 13.8 Å². The zero-order valence-electron chi connectivity index (χ0n) is 21.1. The van der Waals surface area contributed by atoms with E-state index < -0.39 is 5.97 Å². The lowest BCUT2D eigenvalue weighted by Gasteiger charge is -2.24. The van der Waals surface area contributed by atoms with Gasteiger partial charge in [0.05, 0.1) is 42.7 Å². The van der Waals surface area contributed by atoms with Gasteiger partial charge in [0.2, 0.25) is 0 Å². The fourth-order valence-electron chi connectivity index (χ4n) is 6.61. The van der Waals surface area contributed by atoms with Gasteiger partial charge in [0.15, 0.2) is 0 Å². The lowest BCUT2D eigenvalue weighted by Crippen LogP contribution is -2.07. The number of hydrogen-bond acceptors (Lipinski definition) is 5. The van der Waals surface area contributed by atoms with Crippen molar-refractivity contribution in [2.45, 2.75) is 71.3 Å². The predicted molar refractivity (Wildman–Crippen MR) is 152 cm³/mol. The Bertz CT molecular complexity index is 1700. The van der Waals surface area contributed by atoms with Gasteiger partial charge < -0.3 is 9.67 Å². The first kappa shape index (κ1) is 23.1. The summed E-state index contributed by atoms with van der Waals surface area (Å²) < 4.78 is 3.63. The van der Waals surface area contributed by atoms with Crippen molar-refractivity contribution >= 4 is 49.8 Å². The van der Waals surface area contributed by atoms with E-state index in [1.54, 1.807) is 11.3 Å². The quantitative estimate of drug-likeness (QED) is 0.256. The lowest BCUT2D eigenvalue weighted by molar-refractivity contribution is 0.0702. The first-order chi connectivity index (χ1) is 18.0. The van der Waals surface area contributed by atoms with Crippen molar-refractivity contribution < 1.29 is 9.90 Å². The van der Waals surface area contributed by atoms with Crippen molar-refractivity contribution in [2.75, 3.05) is 0 Å². The molecule has 5 aromatic rings. The van der Waals surface area contributed by atoms with E-state index in [2.05, 4.69) is 40.7 Å². The van der Waals surface area contributed by atoms with Crippen LogP contribution in [-0.2, 0) is 13.0 Å². The number of nitrogens with zero attached hydrogens (tertiary/aromatic N) is 3. The molecule has 0 bridgehead atoms. The highest BCUT2D eigenvalue weighted by molar-refractivity contribution is 7.21. The number of aromatic nitrogens is 3. The van der Waals surface area contributed by atoms with Crippen LogP contribution >= 0.6 is 22.7 Å². The normalized spacial score (nSPS) is 16.2. The molecule has 0 atom stereocenters. The third kappa shape index (κ3) is 3.66. The number of fused-ring (bicyclic) bond motifs is 7. The van der Waals surface area contributed by atoms with Crippen LogP contribution in [0.3, 0.4) is 0 Å². The number of carboxylic acids is 1. The molecule has 1 aliphatic heterocycles. The number of aromatic carboxylic acids is 1. The second-order valence-electron chi connectivity index (χ2n) is 10.5. The van der Waals surface area contributed by atoms with Crippen LogP contribution in [0.5, 0.6) is 0 Å². The highest BCUT2D eigenvalue weighted by Gasteiger charge is 2.31. The molecule has 1 saturated carbocycles. The third-order valence-electron chi connectivity index (χ3n) is 8.18. The van der Waals surface area contributed by atoms with Gasteiger partial charge in [-0.1, -0.05) is 31.4 Å². The van der Waals surface area contributed by atoms with E-state index in [4.69, 9.17) is 4.98 Å². The number of thiazole rings is 1. The summed E-state index contributed by atoms with van der Waals surface area (Å²) >= 11 is 3.18. The van der Waals surface area contributed by atoms with Gasteiger partial charge in [-0.25, -0.2) is 14.8 Å². The minimum atomic E-state index is -0.821. The number of hydrogen-bond donors (Lipinski definition) is 1. The number of benzene rings is 1. The molecule has 1 aromatic carbocycles. The Morgan fingerprint density at radius 2 is 1.86 bits per heavy atom. The Morgan fingerprint density at radius 3 is 2.62 bits per heavy atom. The Hall–Kier alpha value is -3.03. The standard InChI is InChI=1S/C30H29N3O2S2/c1-16-28(36-17(2)31-16)23-13-10-20-19-9-6-14-33-24-15-25(30(34)35)37-29(24)26(18-7-4-3-5-8-18)27(33)21(19)11-12-22(20)32-23/h10-13,15,18H,3-9,14H2,1-2H3,(H,34,35). The van der Waals surface area contributed by atoms with E-state index in [-0.39, 0.29) is 0 Å². The van der Waals surface area contributed by atoms with Crippen molar-refractivity contribution in [3.8, 4) is 21.8 Å². The molecule has 7 rings (SSSR count). The molecular formula is C30H29N3O2S2. The molecule has 0 radical (unpaired) electrons. The fraction of sp³-hybridized carbons (Fsp3) is 0.367. The zero-order valence-corrected chi connectivity index (χ0v) is 22.8. The van der Waals surface area contributed by atoms with Crippen LogP contribution in [0.15, 0.2) is 30.3 Å². The van der Waals surface area contributed by atoms with Crippen molar-refractivity contribution in [2.24, 2.45) is 0 Å². The lowest BCUT2D eigenvalue weighted by atomic mass is 9.82. The van der Waals surface area contributed by atoms with E-state index >= 15 is 0 Å². The summed E-state index contributed by atoms with van der Waals surface area (Å²) in [4.78, 5) is 23.2. The average Bonchev–Trinajstić information content (AvgIpc) is 3.52. The molecule has 1 N–H and O–H groups in total. The number of carboxylic acid groups (broad SMARTS) is 1. The van der Waals surface area contributed by atoms with Gasteiger partial charge in [0, 0.05) is 17.5 Å². The highest BCUT2D eigenvalue weighted by atomic mass is 32.1. The highest BCUT2D eigenvalue weighted by Crippen LogP contribution is 2.49. The van der Waals surface area contributed by atoms with Crippen molar-refractivity contribution in [1.82, 2.24) is 14.5 Å². The molecule has 1 fully saturated rings. The molecule has 37 heavy (non-hydrogen) atoms. The van der Waals surface area contributed by atoms with E-state index in [1.165, 1.54) is 75.9 Å². The SMILES string of the molecule is Cc1nc(C)c(-c2ccc3c4c(ccc3n2)-c2c(C3CCCCC3)c3sc(C(=O)O)cc3n2CCC4)s1. The summed E-state index contributed by atoms with van der Waals surface area (Å²) in [7, 11) is 0. The van der Waals surface area contributed by atoms with Gasteiger partial charge in [-0.2, -0.15) is 0 Å². The molecule has 4 aromatic heterocycles.